The summed E-state index contributed by atoms with van der Waals surface area (Å²) in [6.07, 6.45) is 2.11. The number of aromatic hydroxyl groups is 1. The summed E-state index contributed by atoms with van der Waals surface area (Å²) in [7, 11) is 0. The smallest absolute Gasteiger partial charge is 0.115 e. The number of hydrogen-bond acceptors (Lipinski definition) is 3. The Labute approximate surface area is 103 Å². The van der Waals surface area contributed by atoms with Gasteiger partial charge in [0.15, 0.2) is 0 Å². The van der Waals surface area contributed by atoms with Crippen LogP contribution in [-0.2, 0) is 11.2 Å². The molecule has 3 nitrogen and oxygen atoms in total. The van der Waals surface area contributed by atoms with Gasteiger partial charge in [0.1, 0.15) is 5.75 Å². The third-order valence-electron chi connectivity index (χ3n) is 3.37. The van der Waals surface area contributed by atoms with Crippen LogP contribution >= 0.6 is 0 Å². The van der Waals surface area contributed by atoms with E-state index >= 15 is 0 Å². The molecule has 0 radical (unpaired) electrons. The molecule has 0 aliphatic carbocycles. The molecule has 94 valence electrons. The Kier molecular flexibility index (Phi) is 4.40. The number of phenolic OH excluding ortho intramolecular Hbond substituents is 1. The summed E-state index contributed by atoms with van der Waals surface area (Å²) >= 11 is 0. The maximum Gasteiger partial charge on any atom is 0.115 e. The quantitative estimate of drug-likeness (QED) is 0.838. The summed E-state index contributed by atoms with van der Waals surface area (Å²) in [6, 6.07) is 8.05. The molecular weight excluding hydrogens is 214 g/mol. The van der Waals surface area contributed by atoms with Gasteiger partial charge in [-0.1, -0.05) is 19.1 Å². The van der Waals surface area contributed by atoms with Crippen LogP contribution in [0.15, 0.2) is 24.3 Å². The van der Waals surface area contributed by atoms with Crippen molar-refractivity contribution in [3.05, 3.63) is 29.8 Å². The van der Waals surface area contributed by atoms with E-state index in [0.717, 1.165) is 32.6 Å². The van der Waals surface area contributed by atoms with E-state index in [1.54, 1.807) is 12.1 Å². The molecule has 0 bridgehead atoms. The second-order valence-electron chi connectivity index (χ2n) is 4.66. The molecule has 0 aromatic heterocycles. The molecule has 17 heavy (non-hydrogen) atoms. The van der Waals surface area contributed by atoms with Crippen molar-refractivity contribution in [1.82, 2.24) is 5.32 Å². The highest BCUT2D eigenvalue weighted by Gasteiger charge is 2.24. The number of benzene rings is 1. The van der Waals surface area contributed by atoms with Crippen LogP contribution in [0, 0.1) is 5.92 Å². The van der Waals surface area contributed by atoms with E-state index in [2.05, 4.69) is 12.2 Å². The molecule has 0 saturated carbocycles. The van der Waals surface area contributed by atoms with Gasteiger partial charge in [0.25, 0.3) is 0 Å². The van der Waals surface area contributed by atoms with Gasteiger partial charge >= 0.3 is 0 Å². The minimum Gasteiger partial charge on any atom is -0.508 e. The zero-order valence-electron chi connectivity index (χ0n) is 10.4. The summed E-state index contributed by atoms with van der Waals surface area (Å²) in [4.78, 5) is 0. The predicted octanol–water partition coefficient (Wildman–Crippen LogP) is 1.95. The van der Waals surface area contributed by atoms with Crippen LogP contribution in [0.4, 0.5) is 0 Å². The molecule has 2 N–H and O–H groups in total. The predicted molar refractivity (Wildman–Crippen MR) is 68.2 cm³/mol. The van der Waals surface area contributed by atoms with Gasteiger partial charge < -0.3 is 15.2 Å². The van der Waals surface area contributed by atoms with Crippen LogP contribution in [0.1, 0.15) is 18.9 Å². The van der Waals surface area contributed by atoms with Crippen molar-refractivity contribution in [2.45, 2.75) is 25.8 Å². The van der Waals surface area contributed by atoms with E-state index in [1.165, 1.54) is 5.56 Å². The van der Waals surface area contributed by atoms with E-state index < -0.39 is 0 Å². The number of rotatable bonds is 4. The highest BCUT2D eigenvalue weighted by Crippen LogP contribution is 2.21. The van der Waals surface area contributed by atoms with Crippen molar-refractivity contribution in [3.8, 4) is 5.75 Å². The molecule has 2 unspecified atom stereocenters. The van der Waals surface area contributed by atoms with Gasteiger partial charge in [-0.3, -0.25) is 0 Å². The van der Waals surface area contributed by atoms with E-state index in [9.17, 15) is 5.11 Å². The average molecular weight is 235 g/mol. The third-order valence-corrected chi connectivity index (χ3v) is 3.37. The van der Waals surface area contributed by atoms with Gasteiger partial charge in [-0.15, -0.1) is 0 Å². The topological polar surface area (TPSA) is 41.5 Å². The molecule has 1 saturated heterocycles. The summed E-state index contributed by atoms with van der Waals surface area (Å²) in [6.45, 7) is 4.85. The van der Waals surface area contributed by atoms with Gasteiger partial charge in [-0.25, -0.2) is 0 Å². The van der Waals surface area contributed by atoms with Crippen LogP contribution < -0.4 is 5.32 Å². The fourth-order valence-electron chi connectivity index (χ4n) is 2.46. The van der Waals surface area contributed by atoms with E-state index in [4.69, 9.17) is 4.74 Å². The molecule has 0 amide bonds. The zero-order chi connectivity index (χ0) is 12.1. The second kappa shape index (κ2) is 6.03. The number of hydrogen-bond donors (Lipinski definition) is 2. The van der Waals surface area contributed by atoms with Gasteiger partial charge in [-0.2, -0.15) is 0 Å². The summed E-state index contributed by atoms with van der Waals surface area (Å²) < 4.78 is 5.57. The Morgan fingerprint density at radius 3 is 2.82 bits per heavy atom. The molecule has 2 rings (SSSR count). The number of phenols is 1. The fraction of sp³-hybridized carbons (Fsp3) is 0.571. The Morgan fingerprint density at radius 2 is 2.12 bits per heavy atom. The number of ether oxygens (including phenoxy) is 1. The maximum atomic E-state index is 9.26. The molecule has 1 aliphatic heterocycles. The molecule has 2 atom stereocenters. The first-order valence-corrected chi connectivity index (χ1v) is 6.38. The van der Waals surface area contributed by atoms with Gasteiger partial charge in [0.05, 0.1) is 6.61 Å². The van der Waals surface area contributed by atoms with Gasteiger partial charge in [0, 0.05) is 18.6 Å². The first-order chi connectivity index (χ1) is 8.29. The van der Waals surface area contributed by atoms with E-state index in [1.807, 2.05) is 12.1 Å². The highest BCUT2D eigenvalue weighted by molar-refractivity contribution is 5.26. The van der Waals surface area contributed by atoms with Crippen LogP contribution in [0.2, 0.25) is 0 Å². The van der Waals surface area contributed by atoms with Crippen molar-refractivity contribution >= 4 is 0 Å². The first kappa shape index (κ1) is 12.4. The molecule has 1 aromatic rings. The Hall–Kier alpha value is -1.06. The highest BCUT2D eigenvalue weighted by atomic mass is 16.5. The standard InChI is InChI=1S/C14H21NO2/c1-2-15-14-7-8-17-10-12(14)9-11-3-5-13(16)6-4-11/h3-6,12,14-16H,2,7-10H2,1H3. The Morgan fingerprint density at radius 1 is 1.35 bits per heavy atom. The Bertz CT molecular complexity index is 335. The zero-order valence-corrected chi connectivity index (χ0v) is 10.4. The minimum absolute atomic E-state index is 0.330. The SMILES string of the molecule is CCNC1CCOCC1Cc1ccc(O)cc1. The van der Waals surface area contributed by atoms with Crippen LogP contribution in [0.25, 0.3) is 0 Å². The monoisotopic (exact) mass is 235 g/mol. The molecule has 0 spiro atoms. The largest absolute Gasteiger partial charge is 0.508 e. The fourth-order valence-corrected chi connectivity index (χ4v) is 2.46. The first-order valence-electron chi connectivity index (χ1n) is 6.38. The van der Waals surface area contributed by atoms with Crippen LogP contribution in [0.3, 0.4) is 0 Å². The second-order valence-corrected chi connectivity index (χ2v) is 4.66. The average Bonchev–Trinajstić information content (AvgIpc) is 2.35. The minimum atomic E-state index is 0.330. The van der Waals surface area contributed by atoms with Gasteiger partial charge in [-0.05, 0) is 37.1 Å². The lowest BCUT2D eigenvalue weighted by Gasteiger charge is -2.32. The Balaban J connectivity index is 1.97. The lowest BCUT2D eigenvalue weighted by atomic mass is 9.89. The van der Waals surface area contributed by atoms with Crippen molar-refractivity contribution in [2.24, 2.45) is 5.92 Å². The van der Waals surface area contributed by atoms with Gasteiger partial charge in [0.2, 0.25) is 0 Å². The number of nitrogens with one attached hydrogen (secondary N) is 1. The molecule has 1 aliphatic rings. The lowest BCUT2D eigenvalue weighted by Crippen LogP contribution is -2.43. The molecule has 1 aromatic carbocycles. The summed E-state index contributed by atoms with van der Waals surface area (Å²) in [5, 5.41) is 12.8. The maximum absolute atomic E-state index is 9.26. The summed E-state index contributed by atoms with van der Waals surface area (Å²) in [5.41, 5.74) is 1.27. The van der Waals surface area contributed by atoms with Crippen molar-refractivity contribution in [2.75, 3.05) is 19.8 Å². The van der Waals surface area contributed by atoms with E-state index in [-0.39, 0.29) is 0 Å². The third kappa shape index (κ3) is 3.45. The van der Waals surface area contributed by atoms with Crippen molar-refractivity contribution in [1.29, 1.82) is 0 Å². The molecular formula is C14H21NO2. The molecule has 1 fully saturated rings. The van der Waals surface area contributed by atoms with Crippen LogP contribution in [0.5, 0.6) is 5.75 Å². The summed E-state index contributed by atoms with van der Waals surface area (Å²) in [5.74, 6) is 0.866. The molecule has 1 heterocycles. The van der Waals surface area contributed by atoms with Crippen molar-refractivity contribution in [3.63, 3.8) is 0 Å². The molecule has 3 heteroatoms. The normalized spacial score (nSPS) is 24.8. The van der Waals surface area contributed by atoms with E-state index in [0.29, 0.717) is 17.7 Å². The van der Waals surface area contributed by atoms with Crippen LogP contribution in [-0.4, -0.2) is 30.9 Å². The lowest BCUT2D eigenvalue weighted by molar-refractivity contribution is 0.0327. The van der Waals surface area contributed by atoms with Crippen molar-refractivity contribution < 1.29 is 9.84 Å².